The number of carbonyl (C=O) groups is 1. The average molecular weight is 373 g/mol. The van der Waals surface area contributed by atoms with Crippen molar-refractivity contribution in [1.82, 2.24) is 0 Å². The molecule has 0 aromatic rings. The molecule has 0 amide bonds. The Morgan fingerprint density at radius 1 is 1.19 bits per heavy atom. The number of carbonyl (C=O) groups excluding carboxylic acids is 1. The summed E-state index contributed by atoms with van der Waals surface area (Å²) in [5, 5.41) is 21.1. The first-order valence-electron chi connectivity index (χ1n) is 10.5. The molecule has 8 atom stereocenters. The number of esters is 1. The monoisotopic (exact) mass is 372 g/mol. The van der Waals surface area contributed by atoms with Crippen molar-refractivity contribution in [1.29, 1.82) is 0 Å². The summed E-state index contributed by atoms with van der Waals surface area (Å²) in [6.45, 7) is 6.00. The smallest absolute Gasteiger partial charge is 0.316 e. The van der Waals surface area contributed by atoms with Crippen molar-refractivity contribution in [3.63, 3.8) is 0 Å². The molecule has 0 radical (unpaired) electrons. The molecule has 4 aliphatic rings. The Kier molecular flexibility index (Phi) is 4.68. The number of rotatable bonds is 0. The van der Waals surface area contributed by atoms with Crippen LogP contribution < -0.4 is 0 Å². The van der Waals surface area contributed by atoms with Gasteiger partial charge in [-0.15, -0.1) is 0 Å². The molecule has 27 heavy (non-hydrogen) atoms. The maximum absolute atomic E-state index is 11.0. The predicted octanol–water partition coefficient (Wildman–Crippen LogP) is 3.42. The van der Waals surface area contributed by atoms with Crippen LogP contribution in [0.3, 0.4) is 0 Å². The van der Waals surface area contributed by atoms with Crippen LogP contribution in [0.1, 0.15) is 65.7 Å². The fraction of sp³-hybridized carbons (Fsp3) is 0.783. The van der Waals surface area contributed by atoms with Crippen LogP contribution in [0, 0.1) is 46.5 Å². The highest BCUT2D eigenvalue weighted by Gasteiger charge is 2.61. The third kappa shape index (κ3) is 2.95. The summed E-state index contributed by atoms with van der Waals surface area (Å²) in [5.41, 5.74) is 1.58. The highest BCUT2D eigenvalue weighted by molar-refractivity contribution is 5.67. The summed E-state index contributed by atoms with van der Waals surface area (Å²) in [6.07, 6.45) is 11.1. The first-order chi connectivity index (χ1) is 12.8. The molecule has 0 aromatic carbocycles. The molecule has 0 aliphatic heterocycles. The van der Waals surface area contributed by atoms with Crippen LogP contribution in [0.25, 0.3) is 0 Å². The maximum atomic E-state index is 11.0. The van der Waals surface area contributed by atoms with Gasteiger partial charge in [0, 0.05) is 6.92 Å². The van der Waals surface area contributed by atoms with E-state index in [1.54, 1.807) is 0 Å². The van der Waals surface area contributed by atoms with Crippen LogP contribution in [0.5, 0.6) is 0 Å². The summed E-state index contributed by atoms with van der Waals surface area (Å²) in [6, 6.07) is 0. The molecule has 3 fully saturated rings. The first-order valence-corrected chi connectivity index (χ1v) is 10.5. The van der Waals surface area contributed by atoms with Crippen molar-refractivity contribution in [3.8, 4) is 12.0 Å². The summed E-state index contributed by atoms with van der Waals surface area (Å²) >= 11 is 0. The van der Waals surface area contributed by atoms with Gasteiger partial charge in [0.15, 0.2) is 0 Å². The molecule has 3 unspecified atom stereocenters. The van der Waals surface area contributed by atoms with E-state index in [0.29, 0.717) is 17.8 Å². The highest BCUT2D eigenvalue weighted by Crippen LogP contribution is 2.66. The van der Waals surface area contributed by atoms with E-state index in [-0.39, 0.29) is 22.9 Å². The van der Waals surface area contributed by atoms with Gasteiger partial charge in [-0.25, -0.2) is 0 Å². The minimum Gasteiger partial charge on any atom is -0.391 e. The van der Waals surface area contributed by atoms with E-state index in [9.17, 15) is 15.0 Å². The second-order valence-electron chi connectivity index (χ2n) is 9.80. The van der Waals surface area contributed by atoms with Gasteiger partial charge in [0.1, 0.15) is 6.11 Å². The van der Waals surface area contributed by atoms with E-state index in [1.807, 2.05) is 0 Å². The van der Waals surface area contributed by atoms with Gasteiger partial charge in [0.05, 0.1) is 18.1 Å². The molecule has 4 nitrogen and oxygen atoms in total. The molecule has 4 aliphatic carbocycles. The predicted molar refractivity (Wildman–Crippen MR) is 102 cm³/mol. The van der Waals surface area contributed by atoms with E-state index in [4.69, 9.17) is 4.74 Å². The Morgan fingerprint density at radius 3 is 2.70 bits per heavy atom. The van der Waals surface area contributed by atoms with E-state index in [2.05, 4.69) is 32.0 Å². The summed E-state index contributed by atoms with van der Waals surface area (Å²) in [7, 11) is 0. The molecule has 0 heterocycles. The number of hydrogen-bond donors (Lipinski definition) is 2. The van der Waals surface area contributed by atoms with Crippen LogP contribution >= 0.6 is 0 Å². The van der Waals surface area contributed by atoms with Crippen LogP contribution in [-0.2, 0) is 9.53 Å². The topological polar surface area (TPSA) is 66.8 Å². The van der Waals surface area contributed by atoms with Crippen molar-refractivity contribution < 1.29 is 19.7 Å². The fourth-order valence-electron chi connectivity index (χ4n) is 7.05. The molecule has 0 bridgehead atoms. The second-order valence-corrected chi connectivity index (χ2v) is 9.80. The van der Waals surface area contributed by atoms with Gasteiger partial charge in [0.25, 0.3) is 0 Å². The highest BCUT2D eigenvalue weighted by atomic mass is 16.5. The van der Waals surface area contributed by atoms with Crippen LogP contribution in [-0.4, -0.2) is 28.4 Å². The lowest BCUT2D eigenvalue weighted by Gasteiger charge is -2.58. The molecule has 4 heteroatoms. The van der Waals surface area contributed by atoms with Gasteiger partial charge in [-0.3, -0.25) is 4.79 Å². The normalized spacial score (nSPS) is 48.3. The molecule has 0 spiro atoms. The zero-order valence-corrected chi connectivity index (χ0v) is 16.7. The number of fused-ring (bicyclic) bond motifs is 5. The van der Waals surface area contributed by atoms with E-state index < -0.39 is 12.1 Å². The van der Waals surface area contributed by atoms with Crippen LogP contribution in [0.2, 0.25) is 0 Å². The lowest BCUT2D eigenvalue weighted by atomic mass is 9.47. The molecule has 148 valence electrons. The van der Waals surface area contributed by atoms with E-state index in [1.165, 1.54) is 12.5 Å². The SMILES string of the molecule is CC(=O)OC#CC1C[C@H]2[C@@H]3CCC4=CC(O)CC[C@]4(C)[C@@H]3CC[C@]2(C)C1O. The first kappa shape index (κ1) is 19.0. The summed E-state index contributed by atoms with van der Waals surface area (Å²) in [5.74, 6) is 4.21. The Morgan fingerprint density at radius 2 is 1.96 bits per heavy atom. The minimum absolute atomic E-state index is 0.0947. The Bertz CT molecular complexity index is 716. The Labute approximate surface area is 162 Å². The van der Waals surface area contributed by atoms with Crippen LogP contribution in [0.4, 0.5) is 0 Å². The minimum atomic E-state index is -0.454. The summed E-state index contributed by atoms with van der Waals surface area (Å²) < 4.78 is 4.80. The molecular weight excluding hydrogens is 340 g/mol. The zero-order valence-electron chi connectivity index (χ0n) is 16.7. The van der Waals surface area contributed by atoms with E-state index in [0.717, 1.165) is 44.9 Å². The lowest BCUT2D eigenvalue weighted by Crippen LogP contribution is -2.51. The third-order valence-corrected chi connectivity index (χ3v) is 8.53. The zero-order chi connectivity index (χ0) is 19.4. The standard InChI is InChI=1S/C23H32O4/c1-14(24)27-11-8-15-12-20-18-5-4-16-13-17(25)6-9-22(16,2)19(18)7-10-23(20,3)21(15)26/h13,15,17-21,25-26H,4-7,9-10,12H2,1-3H3/t15?,17?,18-,19-,20+,21?,22+,23+/m1/s1. The van der Waals surface area contributed by atoms with Crippen molar-refractivity contribution in [2.24, 2.45) is 34.5 Å². The molecular formula is C23H32O4. The van der Waals surface area contributed by atoms with E-state index >= 15 is 0 Å². The quantitative estimate of drug-likeness (QED) is 0.388. The number of allylic oxidation sites excluding steroid dienone is 1. The molecule has 0 aromatic heterocycles. The van der Waals surface area contributed by atoms with Crippen LogP contribution in [0.15, 0.2) is 11.6 Å². The molecule has 2 N–H and O–H groups in total. The molecule has 3 saturated carbocycles. The van der Waals surface area contributed by atoms with Crippen molar-refractivity contribution in [2.45, 2.75) is 77.9 Å². The molecule has 0 saturated heterocycles. The van der Waals surface area contributed by atoms with Gasteiger partial charge in [-0.2, -0.15) is 0 Å². The average Bonchev–Trinajstić information content (AvgIpc) is 2.87. The van der Waals surface area contributed by atoms with Gasteiger partial charge >= 0.3 is 5.97 Å². The molecule has 4 rings (SSSR count). The number of aliphatic hydroxyl groups excluding tert-OH is 2. The number of aliphatic hydroxyl groups is 2. The largest absolute Gasteiger partial charge is 0.391 e. The Hall–Kier alpha value is -1.31. The summed E-state index contributed by atoms with van der Waals surface area (Å²) in [4.78, 5) is 11.0. The fourth-order valence-corrected chi connectivity index (χ4v) is 7.05. The van der Waals surface area contributed by atoms with Crippen molar-refractivity contribution in [2.75, 3.05) is 0 Å². The maximum Gasteiger partial charge on any atom is 0.316 e. The van der Waals surface area contributed by atoms with Gasteiger partial charge in [0.2, 0.25) is 0 Å². The number of ether oxygens (including phenoxy) is 1. The van der Waals surface area contributed by atoms with Crippen molar-refractivity contribution in [3.05, 3.63) is 11.6 Å². The van der Waals surface area contributed by atoms with Gasteiger partial charge in [-0.1, -0.05) is 31.4 Å². The lowest BCUT2D eigenvalue weighted by molar-refractivity contribution is -0.134. The second kappa shape index (κ2) is 6.64. The van der Waals surface area contributed by atoms with Gasteiger partial charge in [-0.05, 0) is 73.5 Å². The third-order valence-electron chi connectivity index (χ3n) is 8.53. The Balaban J connectivity index is 1.59. The van der Waals surface area contributed by atoms with Crippen molar-refractivity contribution >= 4 is 5.97 Å². The number of hydrogen-bond acceptors (Lipinski definition) is 4. The van der Waals surface area contributed by atoms with Gasteiger partial charge < -0.3 is 14.9 Å².